The second-order valence-electron chi connectivity index (χ2n) is 4.40. The van der Waals surface area contributed by atoms with Crippen LogP contribution < -0.4 is 11.1 Å². The number of hydrogen-bond donors (Lipinski definition) is 2. The number of rotatable bonds is 3. The summed E-state index contributed by atoms with van der Waals surface area (Å²) >= 11 is 0. The molecule has 1 saturated heterocycles. The summed E-state index contributed by atoms with van der Waals surface area (Å²) in [5.41, 5.74) is 7.29. The van der Waals surface area contributed by atoms with Crippen molar-refractivity contribution < 1.29 is 9.53 Å². The standard InChI is InChI=1S/C13H18N2O2.ClH/c14-11-5-3-10(4-6-11)8-13(16)15-12-2-1-7-17-9-12;/h3-6,12H,1-2,7-9,14H2,(H,15,16);1H. The number of amides is 1. The van der Waals surface area contributed by atoms with Crippen LogP contribution in [0.1, 0.15) is 18.4 Å². The van der Waals surface area contributed by atoms with E-state index in [4.69, 9.17) is 10.5 Å². The molecule has 1 amide bonds. The molecule has 1 aliphatic rings. The Kier molecular flexibility index (Phi) is 5.95. The largest absolute Gasteiger partial charge is 0.399 e. The van der Waals surface area contributed by atoms with Gasteiger partial charge in [0.25, 0.3) is 0 Å². The van der Waals surface area contributed by atoms with E-state index in [2.05, 4.69) is 5.32 Å². The average Bonchev–Trinajstić information content (AvgIpc) is 2.33. The minimum atomic E-state index is 0. The molecule has 1 unspecified atom stereocenters. The molecule has 0 spiro atoms. The smallest absolute Gasteiger partial charge is 0.224 e. The van der Waals surface area contributed by atoms with E-state index in [1.165, 1.54) is 0 Å². The van der Waals surface area contributed by atoms with Crippen molar-refractivity contribution in [3.05, 3.63) is 29.8 Å². The first kappa shape index (κ1) is 14.8. The number of hydrogen-bond acceptors (Lipinski definition) is 3. The summed E-state index contributed by atoms with van der Waals surface area (Å²) in [7, 11) is 0. The monoisotopic (exact) mass is 270 g/mol. The second-order valence-corrected chi connectivity index (χ2v) is 4.40. The third-order valence-corrected chi connectivity index (χ3v) is 2.87. The molecule has 18 heavy (non-hydrogen) atoms. The van der Waals surface area contributed by atoms with Crippen LogP contribution in [0.25, 0.3) is 0 Å². The van der Waals surface area contributed by atoms with E-state index >= 15 is 0 Å². The molecule has 100 valence electrons. The highest BCUT2D eigenvalue weighted by molar-refractivity contribution is 5.85. The van der Waals surface area contributed by atoms with E-state index < -0.39 is 0 Å². The number of nitrogens with one attached hydrogen (secondary N) is 1. The minimum Gasteiger partial charge on any atom is -0.399 e. The number of halogens is 1. The quantitative estimate of drug-likeness (QED) is 0.819. The first-order valence-corrected chi connectivity index (χ1v) is 5.95. The van der Waals surface area contributed by atoms with Crippen molar-refractivity contribution in [2.75, 3.05) is 18.9 Å². The van der Waals surface area contributed by atoms with Crippen LogP contribution in [0.15, 0.2) is 24.3 Å². The number of carbonyl (C=O) groups excluding carboxylic acids is 1. The van der Waals surface area contributed by atoms with Crippen molar-refractivity contribution in [3.63, 3.8) is 0 Å². The zero-order valence-electron chi connectivity index (χ0n) is 10.2. The molecule has 0 aliphatic carbocycles. The zero-order valence-corrected chi connectivity index (χ0v) is 11.0. The number of ether oxygens (including phenoxy) is 1. The Morgan fingerprint density at radius 2 is 2.11 bits per heavy atom. The maximum Gasteiger partial charge on any atom is 0.224 e. The fourth-order valence-electron chi connectivity index (χ4n) is 1.95. The predicted octanol–water partition coefficient (Wildman–Crippen LogP) is 1.53. The molecule has 2 rings (SSSR count). The molecular weight excluding hydrogens is 252 g/mol. The van der Waals surface area contributed by atoms with E-state index in [1.807, 2.05) is 24.3 Å². The maximum absolute atomic E-state index is 11.8. The van der Waals surface area contributed by atoms with Crippen molar-refractivity contribution in [3.8, 4) is 0 Å². The van der Waals surface area contributed by atoms with Crippen LogP contribution >= 0.6 is 12.4 Å². The minimum absolute atomic E-state index is 0. The molecular formula is C13H19ClN2O2. The molecule has 3 N–H and O–H groups in total. The summed E-state index contributed by atoms with van der Waals surface area (Å²) in [6.07, 6.45) is 2.43. The van der Waals surface area contributed by atoms with E-state index in [1.54, 1.807) is 0 Å². The fraction of sp³-hybridized carbons (Fsp3) is 0.462. The van der Waals surface area contributed by atoms with Crippen molar-refractivity contribution in [2.24, 2.45) is 0 Å². The van der Waals surface area contributed by atoms with Crippen molar-refractivity contribution in [1.82, 2.24) is 5.32 Å². The lowest BCUT2D eigenvalue weighted by molar-refractivity contribution is -0.122. The van der Waals surface area contributed by atoms with Gasteiger partial charge in [-0.1, -0.05) is 12.1 Å². The van der Waals surface area contributed by atoms with Crippen LogP contribution in [-0.4, -0.2) is 25.2 Å². The highest BCUT2D eigenvalue weighted by atomic mass is 35.5. The summed E-state index contributed by atoms with van der Waals surface area (Å²) in [5.74, 6) is 0.0465. The van der Waals surface area contributed by atoms with E-state index in [-0.39, 0.29) is 24.4 Å². The summed E-state index contributed by atoms with van der Waals surface area (Å²) in [6.45, 7) is 1.44. The van der Waals surface area contributed by atoms with Crippen LogP contribution in [0.4, 0.5) is 5.69 Å². The summed E-state index contributed by atoms with van der Waals surface area (Å²) in [5, 5.41) is 2.99. The van der Waals surface area contributed by atoms with Gasteiger partial charge in [-0.25, -0.2) is 0 Å². The van der Waals surface area contributed by atoms with Crippen LogP contribution in [0.5, 0.6) is 0 Å². The molecule has 1 fully saturated rings. The van der Waals surface area contributed by atoms with Crippen LogP contribution in [0, 0.1) is 0 Å². The average molecular weight is 271 g/mol. The molecule has 1 heterocycles. The van der Waals surface area contributed by atoms with Crippen LogP contribution in [0.2, 0.25) is 0 Å². The second kappa shape index (κ2) is 7.24. The summed E-state index contributed by atoms with van der Waals surface area (Å²) in [4.78, 5) is 11.8. The highest BCUT2D eigenvalue weighted by Crippen LogP contribution is 2.08. The number of nitrogens with two attached hydrogens (primary N) is 1. The van der Waals surface area contributed by atoms with Crippen molar-refractivity contribution >= 4 is 24.0 Å². The molecule has 0 saturated carbocycles. The Balaban J connectivity index is 0.00000162. The van der Waals surface area contributed by atoms with Gasteiger partial charge in [0.15, 0.2) is 0 Å². The van der Waals surface area contributed by atoms with Crippen molar-refractivity contribution in [2.45, 2.75) is 25.3 Å². The summed E-state index contributed by atoms with van der Waals surface area (Å²) in [6, 6.07) is 7.56. The van der Waals surface area contributed by atoms with Gasteiger partial charge in [-0.2, -0.15) is 0 Å². The number of nitrogen functional groups attached to an aromatic ring is 1. The molecule has 4 nitrogen and oxygen atoms in total. The van der Waals surface area contributed by atoms with Gasteiger partial charge in [-0.15, -0.1) is 12.4 Å². The molecule has 1 aliphatic heterocycles. The third-order valence-electron chi connectivity index (χ3n) is 2.87. The molecule has 0 radical (unpaired) electrons. The molecule has 0 bridgehead atoms. The van der Waals surface area contributed by atoms with Gasteiger partial charge in [-0.3, -0.25) is 4.79 Å². The van der Waals surface area contributed by atoms with Gasteiger partial charge in [-0.05, 0) is 30.5 Å². The third kappa shape index (κ3) is 4.55. The maximum atomic E-state index is 11.8. The summed E-state index contributed by atoms with van der Waals surface area (Å²) < 4.78 is 5.32. The van der Waals surface area contributed by atoms with Crippen LogP contribution in [0.3, 0.4) is 0 Å². The van der Waals surface area contributed by atoms with E-state index in [0.29, 0.717) is 13.0 Å². The lowest BCUT2D eigenvalue weighted by atomic mass is 10.1. The van der Waals surface area contributed by atoms with Gasteiger partial charge >= 0.3 is 0 Å². The first-order chi connectivity index (χ1) is 8.24. The Morgan fingerprint density at radius 1 is 1.39 bits per heavy atom. The van der Waals surface area contributed by atoms with E-state index in [9.17, 15) is 4.79 Å². The molecule has 1 atom stereocenters. The first-order valence-electron chi connectivity index (χ1n) is 5.95. The predicted molar refractivity (Wildman–Crippen MR) is 73.8 cm³/mol. The molecule has 1 aromatic rings. The van der Waals surface area contributed by atoms with Gasteiger partial charge in [0.1, 0.15) is 0 Å². The van der Waals surface area contributed by atoms with Gasteiger partial charge in [0, 0.05) is 12.3 Å². The SMILES string of the molecule is Cl.Nc1ccc(CC(=O)NC2CCCOC2)cc1. The molecule has 5 heteroatoms. The Hall–Kier alpha value is -1.26. The number of anilines is 1. The Morgan fingerprint density at radius 3 is 2.72 bits per heavy atom. The number of benzene rings is 1. The normalized spacial score (nSPS) is 18.8. The van der Waals surface area contributed by atoms with Crippen molar-refractivity contribution in [1.29, 1.82) is 0 Å². The van der Waals surface area contributed by atoms with Gasteiger partial charge in [0.2, 0.25) is 5.91 Å². The lowest BCUT2D eigenvalue weighted by Crippen LogP contribution is -2.41. The zero-order chi connectivity index (χ0) is 12.1. The van der Waals surface area contributed by atoms with Gasteiger partial charge in [0.05, 0.1) is 19.1 Å². The van der Waals surface area contributed by atoms with Gasteiger partial charge < -0.3 is 15.8 Å². The lowest BCUT2D eigenvalue weighted by Gasteiger charge is -2.23. The Bertz CT molecular complexity index is 375. The fourth-order valence-corrected chi connectivity index (χ4v) is 1.95. The van der Waals surface area contributed by atoms with Crippen LogP contribution in [-0.2, 0) is 16.0 Å². The highest BCUT2D eigenvalue weighted by Gasteiger charge is 2.15. The Labute approximate surface area is 113 Å². The number of carbonyl (C=O) groups is 1. The topological polar surface area (TPSA) is 64.4 Å². The molecule has 0 aromatic heterocycles. The molecule has 1 aromatic carbocycles. The van der Waals surface area contributed by atoms with E-state index in [0.717, 1.165) is 30.7 Å².